The summed E-state index contributed by atoms with van der Waals surface area (Å²) in [5.41, 5.74) is 5.06. The van der Waals surface area contributed by atoms with Crippen LogP contribution in [0.2, 0.25) is 0 Å². The lowest BCUT2D eigenvalue weighted by atomic mass is 9.82. The lowest BCUT2D eigenvalue weighted by Gasteiger charge is -2.23. The van der Waals surface area contributed by atoms with Crippen LogP contribution in [-0.2, 0) is 11.6 Å². The average Bonchev–Trinajstić information content (AvgIpc) is 3.28. The number of hydrogen-bond acceptors (Lipinski definition) is 1. The normalized spacial score (nSPS) is 16.3. The number of halogens is 3. The molecule has 0 bridgehead atoms. The fourth-order valence-electron chi connectivity index (χ4n) is 3.07. The molecule has 114 valence electrons. The average molecular weight is 305 g/mol. The minimum atomic E-state index is -4.42. The molecule has 3 rings (SSSR count). The number of alkyl halides is 3. The van der Waals surface area contributed by atoms with E-state index in [1.54, 1.807) is 30.3 Å². The van der Waals surface area contributed by atoms with E-state index in [0.29, 0.717) is 18.4 Å². The molecule has 2 N–H and O–H groups in total. The van der Waals surface area contributed by atoms with Gasteiger partial charge in [0.2, 0.25) is 5.91 Å². The Hall–Kier alpha value is -2.30. The summed E-state index contributed by atoms with van der Waals surface area (Å²) in [6.07, 6.45) is -3.28. The molecule has 0 aliphatic heterocycles. The van der Waals surface area contributed by atoms with Crippen molar-refractivity contribution in [2.24, 2.45) is 5.73 Å². The van der Waals surface area contributed by atoms with Gasteiger partial charge in [-0.15, -0.1) is 0 Å². The van der Waals surface area contributed by atoms with Crippen molar-refractivity contribution in [1.82, 2.24) is 0 Å². The van der Waals surface area contributed by atoms with Crippen molar-refractivity contribution in [3.8, 4) is 0 Å². The fourth-order valence-corrected chi connectivity index (χ4v) is 3.07. The van der Waals surface area contributed by atoms with Crippen molar-refractivity contribution in [3.05, 3.63) is 70.8 Å². The van der Waals surface area contributed by atoms with Crippen molar-refractivity contribution in [3.63, 3.8) is 0 Å². The maximum Gasteiger partial charge on any atom is 0.416 e. The first-order valence-corrected chi connectivity index (χ1v) is 6.92. The van der Waals surface area contributed by atoms with Gasteiger partial charge >= 0.3 is 6.18 Å². The largest absolute Gasteiger partial charge is 0.416 e. The molecule has 0 spiro atoms. The van der Waals surface area contributed by atoms with Gasteiger partial charge in [0, 0.05) is 11.0 Å². The van der Waals surface area contributed by atoms with Crippen LogP contribution in [0.4, 0.5) is 13.2 Å². The number of amides is 1. The Bertz CT molecular complexity index is 733. The van der Waals surface area contributed by atoms with Crippen molar-refractivity contribution < 1.29 is 18.0 Å². The highest BCUT2D eigenvalue weighted by atomic mass is 19.4. The van der Waals surface area contributed by atoms with Gasteiger partial charge in [-0.1, -0.05) is 36.4 Å². The number of carbonyl (C=O) groups excluding carboxylic acids is 1. The van der Waals surface area contributed by atoms with E-state index < -0.39 is 23.1 Å². The summed E-state index contributed by atoms with van der Waals surface area (Å²) < 4.78 is 39.9. The molecule has 1 aliphatic carbocycles. The number of benzene rings is 2. The van der Waals surface area contributed by atoms with Gasteiger partial charge < -0.3 is 5.73 Å². The zero-order valence-electron chi connectivity index (χ0n) is 11.7. The molecule has 0 saturated heterocycles. The van der Waals surface area contributed by atoms with Gasteiger partial charge in [0.05, 0.1) is 5.56 Å². The quantitative estimate of drug-likeness (QED) is 0.918. The van der Waals surface area contributed by atoms with E-state index in [4.69, 9.17) is 5.73 Å². The summed E-state index contributed by atoms with van der Waals surface area (Å²) in [4.78, 5) is 11.6. The van der Waals surface area contributed by atoms with E-state index in [1.807, 2.05) is 0 Å². The molecule has 1 saturated carbocycles. The predicted molar refractivity (Wildman–Crippen MR) is 76.4 cm³/mol. The first-order valence-electron chi connectivity index (χ1n) is 6.92. The number of rotatable bonds is 3. The van der Waals surface area contributed by atoms with Crippen LogP contribution in [0.1, 0.15) is 39.9 Å². The molecule has 0 aromatic heterocycles. The van der Waals surface area contributed by atoms with E-state index in [2.05, 4.69) is 0 Å². The zero-order chi connectivity index (χ0) is 16.0. The predicted octanol–water partition coefficient (Wildman–Crippen LogP) is 3.88. The van der Waals surface area contributed by atoms with Crippen LogP contribution >= 0.6 is 0 Å². The molecular weight excluding hydrogens is 291 g/mol. The summed E-state index contributed by atoms with van der Waals surface area (Å²) in [6.45, 7) is 0. The van der Waals surface area contributed by atoms with Gasteiger partial charge in [0.15, 0.2) is 0 Å². The van der Waals surface area contributed by atoms with Gasteiger partial charge in [-0.25, -0.2) is 0 Å². The van der Waals surface area contributed by atoms with Gasteiger partial charge in [-0.2, -0.15) is 13.2 Å². The van der Waals surface area contributed by atoms with E-state index >= 15 is 0 Å². The maximum atomic E-state index is 13.3. The van der Waals surface area contributed by atoms with Crippen LogP contribution in [-0.4, -0.2) is 5.91 Å². The van der Waals surface area contributed by atoms with E-state index in [1.165, 1.54) is 12.1 Å². The van der Waals surface area contributed by atoms with Crippen LogP contribution in [0, 0.1) is 0 Å². The Kier molecular flexibility index (Phi) is 3.24. The first-order chi connectivity index (χ1) is 10.4. The van der Waals surface area contributed by atoms with E-state index in [9.17, 15) is 18.0 Å². The molecule has 22 heavy (non-hydrogen) atoms. The molecule has 0 heterocycles. The van der Waals surface area contributed by atoms with E-state index in [-0.39, 0.29) is 11.1 Å². The van der Waals surface area contributed by atoms with Gasteiger partial charge in [-0.05, 0) is 36.1 Å². The second-order valence-corrected chi connectivity index (χ2v) is 5.54. The minimum Gasteiger partial charge on any atom is -0.366 e. The van der Waals surface area contributed by atoms with Crippen LogP contribution in [0.5, 0.6) is 0 Å². The van der Waals surface area contributed by atoms with Gasteiger partial charge in [0.25, 0.3) is 0 Å². The lowest BCUT2D eigenvalue weighted by molar-refractivity contribution is -0.138. The molecular formula is C17H14F3NO. The third-order valence-corrected chi connectivity index (χ3v) is 4.21. The van der Waals surface area contributed by atoms with Crippen molar-refractivity contribution >= 4 is 5.91 Å². The van der Waals surface area contributed by atoms with Crippen LogP contribution in [0.15, 0.2) is 48.5 Å². The summed E-state index contributed by atoms with van der Waals surface area (Å²) >= 11 is 0. The van der Waals surface area contributed by atoms with Gasteiger partial charge in [-0.3, -0.25) is 4.79 Å². The Balaban J connectivity index is 2.20. The molecule has 1 fully saturated rings. The highest BCUT2D eigenvalue weighted by molar-refractivity contribution is 5.95. The molecule has 1 aliphatic rings. The fraction of sp³-hybridized carbons (Fsp3) is 0.235. The molecule has 0 unspecified atom stereocenters. The molecule has 0 radical (unpaired) electrons. The number of primary amides is 1. The number of carbonyl (C=O) groups is 1. The van der Waals surface area contributed by atoms with Gasteiger partial charge in [0.1, 0.15) is 0 Å². The summed E-state index contributed by atoms with van der Waals surface area (Å²) in [6, 6.07) is 12.2. The molecule has 2 aromatic carbocycles. The Morgan fingerprint density at radius 3 is 2.05 bits per heavy atom. The SMILES string of the molecule is NC(=O)c1ccccc1C1(c2ccccc2C(F)(F)F)CC1. The van der Waals surface area contributed by atoms with Crippen LogP contribution in [0.3, 0.4) is 0 Å². The minimum absolute atomic E-state index is 0.219. The second kappa shape index (κ2) is 4.87. The monoisotopic (exact) mass is 305 g/mol. The Morgan fingerprint density at radius 2 is 1.50 bits per heavy atom. The highest BCUT2D eigenvalue weighted by Gasteiger charge is 2.51. The summed E-state index contributed by atoms with van der Waals surface area (Å²) in [5.74, 6) is -0.619. The lowest BCUT2D eigenvalue weighted by Crippen LogP contribution is -2.22. The third-order valence-electron chi connectivity index (χ3n) is 4.21. The highest BCUT2D eigenvalue weighted by Crippen LogP contribution is 2.56. The van der Waals surface area contributed by atoms with Crippen LogP contribution < -0.4 is 5.73 Å². The first kappa shape index (κ1) is 14.6. The standard InChI is InChI=1S/C17H14F3NO/c18-17(19,20)14-8-4-3-7-13(14)16(9-10-16)12-6-2-1-5-11(12)15(21)22/h1-8H,9-10H2,(H2,21,22). The summed E-state index contributed by atoms with van der Waals surface area (Å²) in [5, 5.41) is 0. The molecule has 1 amide bonds. The Labute approximate surface area is 125 Å². The number of nitrogens with two attached hydrogens (primary N) is 1. The maximum absolute atomic E-state index is 13.3. The molecule has 0 atom stereocenters. The second-order valence-electron chi connectivity index (χ2n) is 5.54. The van der Waals surface area contributed by atoms with Crippen molar-refractivity contribution in [2.75, 3.05) is 0 Å². The molecule has 5 heteroatoms. The smallest absolute Gasteiger partial charge is 0.366 e. The molecule has 2 nitrogen and oxygen atoms in total. The summed E-state index contributed by atoms with van der Waals surface area (Å²) in [7, 11) is 0. The van der Waals surface area contributed by atoms with Crippen molar-refractivity contribution in [2.45, 2.75) is 24.4 Å². The van der Waals surface area contributed by atoms with E-state index in [0.717, 1.165) is 6.07 Å². The van der Waals surface area contributed by atoms with Crippen molar-refractivity contribution in [1.29, 1.82) is 0 Å². The Morgan fingerprint density at radius 1 is 0.955 bits per heavy atom. The molecule has 2 aromatic rings. The van der Waals surface area contributed by atoms with Crippen LogP contribution in [0.25, 0.3) is 0 Å². The number of hydrogen-bond donors (Lipinski definition) is 1. The zero-order valence-corrected chi connectivity index (χ0v) is 11.7. The topological polar surface area (TPSA) is 43.1 Å². The third kappa shape index (κ3) is 2.26.